The Labute approximate surface area is 171 Å². The number of amides is 1. The third-order valence-electron chi connectivity index (χ3n) is 3.83. The van der Waals surface area contributed by atoms with Crippen LogP contribution < -0.4 is 14.8 Å². The van der Waals surface area contributed by atoms with E-state index in [1.807, 2.05) is 0 Å². The highest BCUT2D eigenvalue weighted by Gasteiger charge is 2.18. The molecular formula is C19H17Cl2NO6. The zero-order valence-corrected chi connectivity index (χ0v) is 16.6. The second-order valence-electron chi connectivity index (χ2n) is 5.65. The van der Waals surface area contributed by atoms with Gasteiger partial charge in [-0.2, -0.15) is 0 Å². The molecule has 148 valence electrons. The summed E-state index contributed by atoms with van der Waals surface area (Å²) in [5.41, 5.74) is 0.336. The number of hydrogen-bond acceptors (Lipinski definition) is 5. The van der Waals surface area contributed by atoms with Crippen molar-refractivity contribution in [2.24, 2.45) is 0 Å². The lowest BCUT2D eigenvalue weighted by Gasteiger charge is -2.12. The zero-order chi connectivity index (χ0) is 20.8. The third kappa shape index (κ3) is 5.15. The Balaban J connectivity index is 2.08. The van der Waals surface area contributed by atoms with Crippen molar-refractivity contribution in [1.82, 2.24) is 0 Å². The highest BCUT2D eigenvalue weighted by molar-refractivity contribution is 6.34. The number of carboxylic acids is 1. The fourth-order valence-electron chi connectivity index (χ4n) is 2.46. The molecule has 0 radical (unpaired) electrons. The van der Waals surface area contributed by atoms with Crippen LogP contribution in [-0.4, -0.2) is 37.0 Å². The van der Waals surface area contributed by atoms with Crippen LogP contribution >= 0.6 is 23.2 Å². The van der Waals surface area contributed by atoms with Crippen LogP contribution in [0.1, 0.15) is 33.6 Å². The second-order valence-corrected chi connectivity index (χ2v) is 6.50. The van der Waals surface area contributed by atoms with E-state index >= 15 is 0 Å². The highest BCUT2D eigenvalue weighted by Crippen LogP contribution is 2.31. The quantitative estimate of drug-likeness (QED) is 0.610. The normalized spacial score (nSPS) is 10.3. The molecular weight excluding hydrogens is 409 g/mol. The summed E-state index contributed by atoms with van der Waals surface area (Å²) in [5, 5.41) is 12.1. The Kier molecular flexibility index (Phi) is 7.25. The third-order valence-corrected chi connectivity index (χ3v) is 4.38. The van der Waals surface area contributed by atoms with Crippen LogP contribution in [0.5, 0.6) is 11.5 Å². The van der Waals surface area contributed by atoms with Gasteiger partial charge in [-0.15, -0.1) is 0 Å². The van der Waals surface area contributed by atoms with E-state index in [0.29, 0.717) is 10.8 Å². The fourth-order valence-corrected chi connectivity index (χ4v) is 2.84. The van der Waals surface area contributed by atoms with Gasteiger partial charge in [0.15, 0.2) is 5.78 Å². The zero-order valence-electron chi connectivity index (χ0n) is 15.0. The Morgan fingerprint density at radius 2 is 1.64 bits per heavy atom. The summed E-state index contributed by atoms with van der Waals surface area (Å²) in [6.45, 7) is 0. The molecule has 28 heavy (non-hydrogen) atoms. The monoisotopic (exact) mass is 425 g/mol. The van der Waals surface area contributed by atoms with Crippen LogP contribution in [0.3, 0.4) is 0 Å². The van der Waals surface area contributed by atoms with E-state index in [-0.39, 0.29) is 46.2 Å². The smallest absolute Gasteiger partial charge is 0.339 e. The number of rotatable bonds is 8. The van der Waals surface area contributed by atoms with Crippen LogP contribution in [0.4, 0.5) is 5.69 Å². The molecule has 0 fully saturated rings. The van der Waals surface area contributed by atoms with Crippen LogP contribution in [0, 0.1) is 0 Å². The standard InChI is InChI=1S/C19H17Cl2NO6/c1-27-16-5-3-10(20)7-11(16)15(23)4-6-18(24)22-14-9-17(28-2)12(19(25)26)8-13(14)21/h3,5,7-9H,4,6H2,1-2H3,(H,22,24)(H,25,26). The molecule has 0 heterocycles. The molecule has 0 atom stereocenters. The van der Waals surface area contributed by atoms with Crippen LogP contribution in [0.15, 0.2) is 30.3 Å². The number of ketones is 1. The SMILES string of the molecule is COc1cc(NC(=O)CCC(=O)c2cc(Cl)ccc2OC)c(Cl)cc1C(=O)O. The van der Waals surface area contributed by atoms with Crippen LogP contribution in [-0.2, 0) is 4.79 Å². The Morgan fingerprint density at radius 3 is 2.25 bits per heavy atom. The summed E-state index contributed by atoms with van der Waals surface area (Å²) in [6, 6.07) is 7.14. The van der Waals surface area contributed by atoms with Crippen molar-refractivity contribution in [1.29, 1.82) is 0 Å². The van der Waals surface area contributed by atoms with E-state index in [4.69, 9.17) is 37.8 Å². The first-order valence-corrected chi connectivity index (χ1v) is 8.79. The number of carbonyl (C=O) groups is 3. The Bertz CT molecular complexity index is 929. The molecule has 2 aromatic carbocycles. The van der Waals surface area contributed by atoms with Crippen molar-refractivity contribution < 1.29 is 29.0 Å². The highest BCUT2D eigenvalue weighted by atomic mass is 35.5. The van der Waals surface area contributed by atoms with E-state index in [2.05, 4.69) is 5.32 Å². The molecule has 0 saturated carbocycles. The van der Waals surface area contributed by atoms with E-state index in [0.717, 1.165) is 0 Å². The van der Waals surface area contributed by atoms with Crippen molar-refractivity contribution in [2.45, 2.75) is 12.8 Å². The molecule has 0 spiro atoms. The number of halogens is 2. The average molecular weight is 426 g/mol. The maximum atomic E-state index is 12.4. The molecule has 0 aliphatic rings. The minimum Gasteiger partial charge on any atom is -0.496 e. The number of anilines is 1. The van der Waals surface area contributed by atoms with E-state index in [1.54, 1.807) is 12.1 Å². The maximum absolute atomic E-state index is 12.4. The fraction of sp³-hybridized carbons (Fsp3) is 0.211. The van der Waals surface area contributed by atoms with Gasteiger partial charge in [0, 0.05) is 23.9 Å². The topological polar surface area (TPSA) is 102 Å². The summed E-state index contributed by atoms with van der Waals surface area (Å²) < 4.78 is 10.1. The molecule has 0 saturated heterocycles. The van der Waals surface area contributed by atoms with Crippen molar-refractivity contribution in [3.63, 3.8) is 0 Å². The number of aromatic carboxylic acids is 1. The van der Waals surface area contributed by atoms with Gasteiger partial charge in [0.1, 0.15) is 17.1 Å². The minimum atomic E-state index is -1.21. The molecule has 1 amide bonds. The van der Waals surface area contributed by atoms with Gasteiger partial charge in [-0.05, 0) is 24.3 Å². The van der Waals surface area contributed by atoms with Gasteiger partial charge in [-0.25, -0.2) is 4.79 Å². The number of methoxy groups -OCH3 is 2. The molecule has 2 N–H and O–H groups in total. The molecule has 0 aliphatic carbocycles. The largest absolute Gasteiger partial charge is 0.496 e. The molecule has 9 heteroatoms. The predicted octanol–water partition coefficient (Wildman–Crippen LogP) is 4.31. The van der Waals surface area contributed by atoms with E-state index in [1.165, 1.54) is 32.4 Å². The first-order chi connectivity index (χ1) is 13.3. The van der Waals surface area contributed by atoms with Gasteiger partial charge >= 0.3 is 5.97 Å². The van der Waals surface area contributed by atoms with Gasteiger partial charge in [-0.3, -0.25) is 9.59 Å². The molecule has 7 nitrogen and oxygen atoms in total. The van der Waals surface area contributed by atoms with Gasteiger partial charge in [0.2, 0.25) is 5.91 Å². The van der Waals surface area contributed by atoms with E-state index in [9.17, 15) is 14.4 Å². The number of nitrogens with one attached hydrogen (secondary N) is 1. The second kappa shape index (κ2) is 9.43. The molecule has 0 bridgehead atoms. The number of carbonyl (C=O) groups excluding carboxylic acids is 2. The van der Waals surface area contributed by atoms with Gasteiger partial charge in [-0.1, -0.05) is 23.2 Å². The number of carboxylic acid groups (broad SMARTS) is 1. The molecule has 0 unspecified atom stereocenters. The molecule has 0 aliphatic heterocycles. The number of Topliss-reactive ketones (excluding diaryl/α,β-unsaturated/α-hetero) is 1. The summed E-state index contributed by atoms with van der Waals surface area (Å²) in [5.74, 6) is -1.57. The Hall–Kier alpha value is -2.77. The van der Waals surface area contributed by atoms with Crippen molar-refractivity contribution >= 4 is 46.5 Å². The van der Waals surface area contributed by atoms with Crippen molar-refractivity contribution in [2.75, 3.05) is 19.5 Å². The predicted molar refractivity (Wildman–Crippen MR) is 105 cm³/mol. The maximum Gasteiger partial charge on any atom is 0.339 e. The summed E-state index contributed by atoms with van der Waals surface area (Å²) in [7, 11) is 2.74. The van der Waals surface area contributed by atoms with Crippen LogP contribution in [0.25, 0.3) is 0 Å². The number of benzene rings is 2. The number of hydrogen-bond donors (Lipinski definition) is 2. The van der Waals surface area contributed by atoms with E-state index < -0.39 is 11.9 Å². The lowest BCUT2D eigenvalue weighted by atomic mass is 10.1. The first kappa shape index (κ1) is 21.5. The summed E-state index contributed by atoms with van der Waals surface area (Å²) >= 11 is 11.9. The summed E-state index contributed by atoms with van der Waals surface area (Å²) in [4.78, 5) is 35.8. The van der Waals surface area contributed by atoms with Gasteiger partial charge < -0.3 is 19.9 Å². The van der Waals surface area contributed by atoms with Gasteiger partial charge in [0.05, 0.1) is 30.5 Å². The molecule has 2 aromatic rings. The lowest BCUT2D eigenvalue weighted by molar-refractivity contribution is -0.116. The summed E-state index contributed by atoms with van der Waals surface area (Å²) in [6.07, 6.45) is -0.196. The van der Waals surface area contributed by atoms with Crippen LogP contribution in [0.2, 0.25) is 10.0 Å². The first-order valence-electron chi connectivity index (χ1n) is 8.04. The van der Waals surface area contributed by atoms with Crippen molar-refractivity contribution in [3.8, 4) is 11.5 Å². The van der Waals surface area contributed by atoms with Crippen molar-refractivity contribution in [3.05, 3.63) is 51.5 Å². The molecule has 0 aromatic heterocycles. The minimum absolute atomic E-state index is 0.0365. The lowest BCUT2D eigenvalue weighted by Crippen LogP contribution is -2.14. The van der Waals surface area contributed by atoms with Gasteiger partial charge in [0.25, 0.3) is 0 Å². The Morgan fingerprint density at radius 1 is 0.964 bits per heavy atom. The molecule has 2 rings (SSSR count). The average Bonchev–Trinajstić information content (AvgIpc) is 2.67. The number of ether oxygens (including phenoxy) is 2.